The van der Waals surface area contributed by atoms with Crippen molar-refractivity contribution >= 4 is 29.8 Å². The maximum Gasteiger partial charge on any atom is 0.303 e. The Labute approximate surface area is 232 Å². The number of aromatic hydroxyl groups is 3. The van der Waals surface area contributed by atoms with Crippen molar-refractivity contribution in [2.75, 3.05) is 6.61 Å². The monoisotopic (exact) mass is 574 g/mol. The van der Waals surface area contributed by atoms with Crippen molar-refractivity contribution in [2.24, 2.45) is 0 Å². The zero-order valence-corrected chi connectivity index (χ0v) is 21.9. The van der Waals surface area contributed by atoms with E-state index in [0.29, 0.717) is 5.56 Å². The topological polar surface area (TPSA) is 205 Å². The number of aliphatic hydroxyl groups excluding tert-OH is 1. The highest BCUT2D eigenvalue weighted by atomic mass is 16.7. The smallest absolute Gasteiger partial charge is 0.303 e. The van der Waals surface area contributed by atoms with Crippen molar-refractivity contribution in [3.8, 4) is 28.7 Å². The molecule has 2 heterocycles. The Morgan fingerprint density at radius 3 is 2.24 bits per heavy atom. The van der Waals surface area contributed by atoms with Crippen LogP contribution in [-0.4, -0.2) is 81.4 Å². The molecule has 0 spiro atoms. The fraction of sp³-hybridized carbons (Fsp3) is 0.333. The number of aliphatic hydroxyl groups is 1. The number of ether oxygens (including phenoxy) is 6. The van der Waals surface area contributed by atoms with Crippen LogP contribution in [0.2, 0.25) is 0 Å². The normalized spacial score (nSPS) is 24.2. The van der Waals surface area contributed by atoms with Crippen molar-refractivity contribution in [3.05, 3.63) is 47.2 Å². The molecule has 0 saturated carbocycles. The van der Waals surface area contributed by atoms with Gasteiger partial charge in [-0.05, 0) is 35.9 Å². The average Bonchev–Trinajstić information content (AvgIpc) is 3.21. The van der Waals surface area contributed by atoms with Gasteiger partial charge in [0, 0.05) is 20.8 Å². The number of Topliss-reactive ketones (excluding diaryl/α,β-unsaturated/α-hetero) is 1. The lowest BCUT2D eigenvalue weighted by molar-refractivity contribution is -0.285. The van der Waals surface area contributed by atoms with E-state index < -0.39 is 72.5 Å². The first kappa shape index (κ1) is 29.2. The van der Waals surface area contributed by atoms with Crippen LogP contribution in [0.5, 0.6) is 28.7 Å². The number of hydrogen-bond acceptors (Lipinski definition) is 14. The SMILES string of the molecule is CC(=O)OC[C@H]1O[C@@H](Oc2ccc3c(c2O)O/C(=C\c2ccc(O)c(O)c2)C3=O)[C@H](OC(C)=O)[C@@H](O)[C@@H]1OC(C)=O. The Morgan fingerprint density at radius 1 is 0.927 bits per heavy atom. The Morgan fingerprint density at radius 2 is 1.61 bits per heavy atom. The van der Waals surface area contributed by atoms with Crippen LogP contribution in [0.3, 0.4) is 0 Å². The van der Waals surface area contributed by atoms with E-state index >= 15 is 0 Å². The largest absolute Gasteiger partial charge is 0.504 e. The van der Waals surface area contributed by atoms with Crippen LogP contribution in [0.25, 0.3) is 6.08 Å². The Balaban J connectivity index is 1.63. The molecule has 2 aliphatic rings. The molecule has 14 heteroatoms. The first-order valence-corrected chi connectivity index (χ1v) is 12.2. The second kappa shape index (κ2) is 11.7. The number of hydrogen-bond donors (Lipinski definition) is 4. The van der Waals surface area contributed by atoms with Gasteiger partial charge in [-0.3, -0.25) is 19.2 Å². The van der Waals surface area contributed by atoms with Gasteiger partial charge in [-0.2, -0.15) is 0 Å². The Hall–Kier alpha value is -4.82. The van der Waals surface area contributed by atoms with Crippen LogP contribution in [0.4, 0.5) is 0 Å². The molecular weight excluding hydrogens is 548 g/mol. The number of carbonyl (C=O) groups is 4. The second-order valence-electron chi connectivity index (χ2n) is 9.08. The number of fused-ring (bicyclic) bond motifs is 1. The van der Waals surface area contributed by atoms with Crippen LogP contribution in [0.1, 0.15) is 36.7 Å². The molecule has 1 fully saturated rings. The lowest BCUT2D eigenvalue weighted by Crippen LogP contribution is -2.62. The van der Waals surface area contributed by atoms with Crippen LogP contribution >= 0.6 is 0 Å². The number of allylic oxidation sites excluding steroid dienone is 1. The van der Waals surface area contributed by atoms with E-state index in [2.05, 4.69) is 0 Å². The van der Waals surface area contributed by atoms with Gasteiger partial charge in [0.15, 0.2) is 41.0 Å². The van der Waals surface area contributed by atoms with Gasteiger partial charge in [0.1, 0.15) is 18.8 Å². The maximum absolute atomic E-state index is 12.9. The molecule has 4 rings (SSSR count). The van der Waals surface area contributed by atoms with Crippen molar-refractivity contribution < 1.29 is 68.0 Å². The first-order valence-electron chi connectivity index (χ1n) is 12.2. The predicted molar refractivity (Wildman–Crippen MR) is 134 cm³/mol. The number of benzene rings is 2. The average molecular weight is 574 g/mol. The summed E-state index contributed by atoms with van der Waals surface area (Å²) >= 11 is 0. The van der Waals surface area contributed by atoms with Gasteiger partial charge in [-0.1, -0.05) is 6.07 Å². The molecule has 0 bridgehead atoms. The summed E-state index contributed by atoms with van der Waals surface area (Å²) in [6, 6.07) is 6.35. The van der Waals surface area contributed by atoms with Crippen LogP contribution < -0.4 is 9.47 Å². The lowest BCUT2D eigenvalue weighted by Gasteiger charge is -2.42. The third kappa shape index (κ3) is 6.34. The summed E-state index contributed by atoms with van der Waals surface area (Å²) < 4.78 is 32.3. The molecule has 2 aliphatic heterocycles. The Bertz CT molecular complexity index is 1410. The van der Waals surface area contributed by atoms with Gasteiger partial charge >= 0.3 is 17.9 Å². The lowest BCUT2D eigenvalue weighted by atomic mass is 9.98. The minimum atomic E-state index is -1.70. The molecular formula is C27H26O14. The summed E-state index contributed by atoms with van der Waals surface area (Å²) in [5.74, 6) is -5.09. The van der Waals surface area contributed by atoms with Crippen LogP contribution in [0, 0.1) is 0 Å². The highest BCUT2D eigenvalue weighted by molar-refractivity contribution is 6.15. The van der Waals surface area contributed by atoms with E-state index in [0.717, 1.165) is 20.8 Å². The number of ketones is 1. The van der Waals surface area contributed by atoms with E-state index in [9.17, 15) is 39.6 Å². The van der Waals surface area contributed by atoms with Gasteiger partial charge in [-0.15, -0.1) is 0 Å². The summed E-state index contributed by atoms with van der Waals surface area (Å²) in [4.78, 5) is 47.7. The molecule has 41 heavy (non-hydrogen) atoms. The molecule has 0 aliphatic carbocycles. The van der Waals surface area contributed by atoms with Gasteiger partial charge in [0.2, 0.25) is 17.8 Å². The summed E-state index contributed by atoms with van der Waals surface area (Å²) in [6.07, 6.45) is -6.28. The number of rotatable bonds is 7. The number of phenols is 3. The number of phenolic OH excluding ortho intramolecular Hbond substituents is 3. The van der Waals surface area contributed by atoms with Gasteiger partial charge in [-0.25, -0.2) is 0 Å². The predicted octanol–water partition coefficient (Wildman–Crippen LogP) is 1.31. The van der Waals surface area contributed by atoms with Crippen molar-refractivity contribution in [2.45, 2.75) is 51.5 Å². The first-order chi connectivity index (χ1) is 19.3. The molecule has 0 radical (unpaired) electrons. The molecule has 0 amide bonds. The minimum Gasteiger partial charge on any atom is -0.504 e. The molecule has 14 nitrogen and oxygen atoms in total. The van der Waals surface area contributed by atoms with Crippen LogP contribution in [-0.2, 0) is 33.3 Å². The van der Waals surface area contributed by atoms with E-state index in [1.165, 1.54) is 36.4 Å². The molecule has 0 aromatic heterocycles. The van der Waals surface area contributed by atoms with E-state index in [1.54, 1.807) is 0 Å². The minimum absolute atomic E-state index is 0.0205. The highest BCUT2D eigenvalue weighted by Gasteiger charge is 2.51. The quantitative estimate of drug-likeness (QED) is 0.159. The maximum atomic E-state index is 12.9. The van der Waals surface area contributed by atoms with Crippen molar-refractivity contribution in [1.29, 1.82) is 0 Å². The molecule has 1 saturated heterocycles. The summed E-state index contributed by atoms with van der Waals surface area (Å²) in [6.45, 7) is 2.80. The summed E-state index contributed by atoms with van der Waals surface area (Å²) in [5, 5.41) is 41.1. The second-order valence-corrected chi connectivity index (χ2v) is 9.08. The van der Waals surface area contributed by atoms with Crippen molar-refractivity contribution in [1.82, 2.24) is 0 Å². The van der Waals surface area contributed by atoms with E-state index in [4.69, 9.17) is 28.4 Å². The molecule has 4 N–H and O–H groups in total. The zero-order chi connectivity index (χ0) is 30.0. The third-order valence-corrected chi connectivity index (χ3v) is 5.99. The molecule has 2 aromatic carbocycles. The highest BCUT2D eigenvalue weighted by Crippen LogP contribution is 2.46. The van der Waals surface area contributed by atoms with Gasteiger partial charge in [0.05, 0.1) is 5.56 Å². The standard InChI is InChI=1S/C27H26O14/c1-11(28)36-10-20-25(37-12(2)29)23(35)26(38-13(3)30)27(41-20)40-18-7-5-15-21(33)19(39-24(15)22(18)34)9-14-4-6-16(31)17(32)8-14/h4-9,20,23,25-27,31-32,34-35H,10H2,1-3H3/b19-9-/t20-,23+,25-,26-,27-/m1/s1. The molecule has 0 unspecified atom stereocenters. The Kier molecular flexibility index (Phi) is 8.35. The fourth-order valence-electron chi connectivity index (χ4n) is 4.20. The van der Waals surface area contributed by atoms with E-state index in [-0.39, 0.29) is 28.6 Å². The van der Waals surface area contributed by atoms with E-state index in [1.807, 2.05) is 0 Å². The summed E-state index contributed by atoms with van der Waals surface area (Å²) in [7, 11) is 0. The summed E-state index contributed by atoms with van der Waals surface area (Å²) in [5.41, 5.74) is 0.301. The molecule has 218 valence electrons. The number of esters is 3. The van der Waals surface area contributed by atoms with Gasteiger partial charge < -0.3 is 48.8 Å². The van der Waals surface area contributed by atoms with Gasteiger partial charge in [0.25, 0.3) is 0 Å². The molecule has 2 aromatic rings. The van der Waals surface area contributed by atoms with Crippen molar-refractivity contribution in [3.63, 3.8) is 0 Å². The number of carbonyl (C=O) groups excluding carboxylic acids is 4. The fourth-order valence-corrected chi connectivity index (χ4v) is 4.20. The van der Waals surface area contributed by atoms with Crippen LogP contribution in [0.15, 0.2) is 36.1 Å². The zero-order valence-electron chi connectivity index (χ0n) is 21.9. The molecule has 5 atom stereocenters. The third-order valence-electron chi connectivity index (χ3n) is 5.99.